The lowest BCUT2D eigenvalue weighted by Crippen LogP contribution is -2.27. The predicted molar refractivity (Wildman–Crippen MR) is 72.2 cm³/mol. The molecule has 100 valence electrons. The van der Waals surface area contributed by atoms with Gasteiger partial charge in [-0.15, -0.1) is 0 Å². The Morgan fingerprint density at radius 2 is 1.79 bits per heavy atom. The van der Waals surface area contributed by atoms with Crippen molar-refractivity contribution in [3.63, 3.8) is 0 Å². The Hall–Kier alpha value is -2.10. The number of carbonyl (C=O) groups excluding carboxylic acids is 1. The highest BCUT2D eigenvalue weighted by Gasteiger charge is 2.23. The van der Waals surface area contributed by atoms with Crippen LogP contribution in [0.4, 0.5) is 10.3 Å². The molecule has 0 saturated heterocycles. The SMILES string of the molecule is CC(C)(C)C(=O)Nc1occc1-c1ccc(F)cc1. The van der Waals surface area contributed by atoms with Crippen LogP contribution in [0.25, 0.3) is 11.1 Å². The summed E-state index contributed by atoms with van der Waals surface area (Å²) in [6.45, 7) is 5.47. The molecule has 19 heavy (non-hydrogen) atoms. The molecule has 0 saturated carbocycles. The van der Waals surface area contributed by atoms with Crippen LogP contribution < -0.4 is 5.32 Å². The summed E-state index contributed by atoms with van der Waals surface area (Å²) >= 11 is 0. The quantitative estimate of drug-likeness (QED) is 0.885. The van der Waals surface area contributed by atoms with E-state index in [1.807, 2.05) is 20.8 Å². The van der Waals surface area contributed by atoms with Crippen molar-refractivity contribution in [3.8, 4) is 11.1 Å². The molecule has 1 aromatic carbocycles. The number of benzene rings is 1. The molecule has 0 unspecified atom stereocenters. The summed E-state index contributed by atoms with van der Waals surface area (Å²) in [5, 5.41) is 2.74. The number of nitrogens with one attached hydrogen (secondary N) is 1. The molecule has 1 aromatic heterocycles. The summed E-state index contributed by atoms with van der Waals surface area (Å²) in [4.78, 5) is 11.9. The minimum atomic E-state index is -0.507. The minimum absolute atomic E-state index is 0.134. The highest BCUT2D eigenvalue weighted by molar-refractivity contribution is 5.96. The average molecular weight is 261 g/mol. The lowest BCUT2D eigenvalue weighted by Gasteiger charge is -2.17. The van der Waals surface area contributed by atoms with Gasteiger partial charge in [-0.25, -0.2) is 4.39 Å². The molecule has 0 bridgehead atoms. The zero-order chi connectivity index (χ0) is 14.0. The van der Waals surface area contributed by atoms with Crippen LogP contribution in [0.1, 0.15) is 20.8 Å². The molecule has 0 atom stereocenters. The van der Waals surface area contributed by atoms with Crippen molar-refractivity contribution in [3.05, 3.63) is 42.4 Å². The van der Waals surface area contributed by atoms with Crippen molar-refractivity contribution >= 4 is 11.8 Å². The van der Waals surface area contributed by atoms with E-state index in [1.54, 1.807) is 18.2 Å². The van der Waals surface area contributed by atoms with E-state index in [4.69, 9.17) is 4.42 Å². The van der Waals surface area contributed by atoms with Crippen LogP contribution in [0.3, 0.4) is 0 Å². The molecule has 2 rings (SSSR count). The number of rotatable bonds is 2. The number of carbonyl (C=O) groups is 1. The lowest BCUT2D eigenvalue weighted by atomic mass is 9.95. The van der Waals surface area contributed by atoms with Crippen LogP contribution in [-0.2, 0) is 4.79 Å². The fourth-order valence-electron chi connectivity index (χ4n) is 1.55. The van der Waals surface area contributed by atoms with Gasteiger partial charge in [-0.1, -0.05) is 32.9 Å². The first-order valence-electron chi connectivity index (χ1n) is 6.03. The molecule has 2 aromatic rings. The Balaban J connectivity index is 2.28. The first-order valence-corrected chi connectivity index (χ1v) is 6.03. The molecule has 1 heterocycles. The maximum absolute atomic E-state index is 12.9. The summed E-state index contributed by atoms with van der Waals surface area (Å²) in [7, 11) is 0. The highest BCUT2D eigenvalue weighted by atomic mass is 19.1. The smallest absolute Gasteiger partial charge is 0.232 e. The molecule has 0 aliphatic heterocycles. The average Bonchev–Trinajstić information content (AvgIpc) is 2.77. The van der Waals surface area contributed by atoms with Gasteiger partial charge in [0.1, 0.15) is 5.82 Å². The van der Waals surface area contributed by atoms with Crippen LogP contribution in [0, 0.1) is 11.2 Å². The number of halogens is 1. The van der Waals surface area contributed by atoms with Gasteiger partial charge in [0.05, 0.1) is 6.26 Å². The minimum Gasteiger partial charge on any atom is -0.448 e. The van der Waals surface area contributed by atoms with Gasteiger partial charge in [0.15, 0.2) is 0 Å². The summed E-state index contributed by atoms with van der Waals surface area (Å²) < 4.78 is 18.2. The molecule has 1 amide bonds. The van der Waals surface area contributed by atoms with E-state index in [0.717, 1.165) is 11.1 Å². The molecular weight excluding hydrogens is 245 g/mol. The second kappa shape index (κ2) is 4.88. The molecule has 4 heteroatoms. The summed E-state index contributed by atoms with van der Waals surface area (Å²) in [5.74, 6) is -0.0510. The monoisotopic (exact) mass is 261 g/mol. The van der Waals surface area contributed by atoms with Crippen molar-refractivity contribution in [1.82, 2.24) is 0 Å². The third-order valence-electron chi connectivity index (χ3n) is 2.73. The number of anilines is 1. The standard InChI is InChI=1S/C15H16FNO2/c1-15(2,3)14(18)17-13-12(8-9-19-13)10-4-6-11(16)7-5-10/h4-9H,1-3H3,(H,17,18). The second-order valence-corrected chi connectivity index (χ2v) is 5.37. The summed E-state index contributed by atoms with van der Waals surface area (Å²) in [6, 6.07) is 7.78. The summed E-state index contributed by atoms with van der Waals surface area (Å²) in [5.41, 5.74) is 1.02. The Labute approximate surface area is 111 Å². The van der Waals surface area contributed by atoms with Crippen LogP contribution in [0.5, 0.6) is 0 Å². The van der Waals surface area contributed by atoms with Gasteiger partial charge >= 0.3 is 0 Å². The predicted octanol–water partition coefficient (Wildman–Crippen LogP) is 4.07. The van der Waals surface area contributed by atoms with Gasteiger partial charge < -0.3 is 4.42 Å². The number of furan rings is 1. The van der Waals surface area contributed by atoms with Crippen molar-refractivity contribution < 1.29 is 13.6 Å². The van der Waals surface area contributed by atoms with E-state index in [1.165, 1.54) is 18.4 Å². The van der Waals surface area contributed by atoms with Crippen LogP contribution >= 0.6 is 0 Å². The van der Waals surface area contributed by atoms with E-state index in [0.29, 0.717) is 5.88 Å². The lowest BCUT2D eigenvalue weighted by molar-refractivity contribution is -0.123. The van der Waals surface area contributed by atoms with E-state index in [2.05, 4.69) is 5.32 Å². The van der Waals surface area contributed by atoms with Crippen molar-refractivity contribution in [2.75, 3.05) is 5.32 Å². The van der Waals surface area contributed by atoms with Gasteiger partial charge in [0, 0.05) is 11.0 Å². The largest absolute Gasteiger partial charge is 0.448 e. The summed E-state index contributed by atoms with van der Waals surface area (Å²) in [6.07, 6.45) is 1.50. The van der Waals surface area contributed by atoms with Crippen molar-refractivity contribution in [2.45, 2.75) is 20.8 Å². The fourth-order valence-corrected chi connectivity index (χ4v) is 1.55. The van der Waals surface area contributed by atoms with Crippen molar-refractivity contribution in [2.24, 2.45) is 5.41 Å². The molecule has 0 fully saturated rings. The van der Waals surface area contributed by atoms with Crippen molar-refractivity contribution in [1.29, 1.82) is 0 Å². The molecule has 0 spiro atoms. The molecule has 0 radical (unpaired) electrons. The molecular formula is C15H16FNO2. The first kappa shape index (κ1) is 13.3. The number of hydrogen-bond donors (Lipinski definition) is 1. The normalized spacial score (nSPS) is 11.4. The van der Waals surface area contributed by atoms with Gasteiger partial charge in [0.2, 0.25) is 11.8 Å². The Kier molecular flexibility index (Phi) is 3.42. The Morgan fingerprint density at radius 1 is 1.16 bits per heavy atom. The maximum Gasteiger partial charge on any atom is 0.232 e. The molecule has 3 nitrogen and oxygen atoms in total. The van der Waals surface area contributed by atoms with E-state index < -0.39 is 5.41 Å². The molecule has 0 aliphatic rings. The van der Waals surface area contributed by atoms with E-state index in [9.17, 15) is 9.18 Å². The number of hydrogen-bond acceptors (Lipinski definition) is 2. The zero-order valence-electron chi connectivity index (χ0n) is 11.2. The third kappa shape index (κ3) is 3.02. The topological polar surface area (TPSA) is 42.2 Å². The van der Waals surface area contributed by atoms with Gasteiger partial charge in [0.25, 0.3) is 0 Å². The van der Waals surface area contributed by atoms with Crippen LogP contribution in [0.15, 0.2) is 41.0 Å². The first-order chi connectivity index (χ1) is 8.88. The second-order valence-electron chi connectivity index (χ2n) is 5.37. The van der Waals surface area contributed by atoms with Gasteiger partial charge in [-0.2, -0.15) is 0 Å². The van der Waals surface area contributed by atoms with E-state index in [-0.39, 0.29) is 11.7 Å². The fraction of sp³-hybridized carbons (Fsp3) is 0.267. The van der Waals surface area contributed by atoms with Gasteiger partial charge in [-0.05, 0) is 23.8 Å². The Bertz CT molecular complexity index is 579. The maximum atomic E-state index is 12.9. The zero-order valence-corrected chi connectivity index (χ0v) is 11.2. The van der Waals surface area contributed by atoms with E-state index >= 15 is 0 Å². The van der Waals surface area contributed by atoms with Gasteiger partial charge in [-0.3, -0.25) is 10.1 Å². The molecule has 0 aliphatic carbocycles. The molecule has 1 N–H and O–H groups in total. The van der Waals surface area contributed by atoms with Crippen LogP contribution in [-0.4, -0.2) is 5.91 Å². The van der Waals surface area contributed by atoms with Crippen LogP contribution in [0.2, 0.25) is 0 Å². The third-order valence-corrected chi connectivity index (χ3v) is 2.73. The Morgan fingerprint density at radius 3 is 2.37 bits per heavy atom. The number of amides is 1. The highest BCUT2D eigenvalue weighted by Crippen LogP contribution is 2.30.